The molecule has 0 bridgehead atoms. The van der Waals surface area contributed by atoms with E-state index in [9.17, 15) is 9.59 Å². The van der Waals surface area contributed by atoms with Gasteiger partial charge in [-0.05, 0) is 24.5 Å². The molecular weight excluding hydrogens is 344 g/mol. The van der Waals surface area contributed by atoms with E-state index in [0.717, 1.165) is 38.4 Å². The number of carbonyl (C=O) groups is 1. The minimum atomic E-state index is -0.372. The summed E-state index contributed by atoms with van der Waals surface area (Å²) in [5.74, 6) is 0. The lowest BCUT2D eigenvalue weighted by atomic mass is 9.88. The zero-order chi connectivity index (χ0) is 19.6. The van der Waals surface area contributed by atoms with Crippen LogP contribution in [-0.4, -0.2) is 59.0 Å². The molecule has 1 aromatic heterocycles. The van der Waals surface area contributed by atoms with Crippen molar-refractivity contribution < 1.29 is 9.53 Å². The van der Waals surface area contributed by atoms with Gasteiger partial charge in [0.15, 0.2) is 0 Å². The quantitative estimate of drug-likeness (QED) is 0.890. The van der Waals surface area contributed by atoms with Crippen LogP contribution in [0, 0.1) is 5.41 Å². The Balaban J connectivity index is 1.88. The number of morpholine rings is 1. The van der Waals surface area contributed by atoms with Crippen LogP contribution >= 0.6 is 0 Å². The third-order valence-corrected chi connectivity index (χ3v) is 5.42. The van der Waals surface area contributed by atoms with E-state index in [4.69, 9.17) is 4.74 Å². The average molecular weight is 374 g/mol. The van der Waals surface area contributed by atoms with Gasteiger partial charge in [-0.1, -0.05) is 32.9 Å². The minimum absolute atomic E-state index is 0.0626. The maximum Gasteiger partial charge on any atom is 0.337 e. The number of para-hydroxylation sites is 2. The molecule has 0 saturated carbocycles. The summed E-state index contributed by atoms with van der Waals surface area (Å²) in [6.07, 6.45) is 0. The van der Waals surface area contributed by atoms with Crippen LogP contribution < -0.4 is 11.0 Å². The van der Waals surface area contributed by atoms with E-state index in [1.807, 2.05) is 31.2 Å². The molecule has 148 valence electrons. The third kappa shape index (κ3) is 4.25. The molecule has 0 unspecified atom stereocenters. The first-order chi connectivity index (χ1) is 12.8. The number of nitrogens with zero attached hydrogens (tertiary/aromatic N) is 3. The second-order valence-corrected chi connectivity index (χ2v) is 8.25. The van der Waals surface area contributed by atoms with Gasteiger partial charge in [-0.25, -0.2) is 14.2 Å². The second kappa shape index (κ2) is 7.86. The van der Waals surface area contributed by atoms with E-state index < -0.39 is 0 Å². The third-order valence-electron chi connectivity index (χ3n) is 5.42. The lowest BCUT2D eigenvalue weighted by Crippen LogP contribution is -2.46. The molecule has 1 saturated heterocycles. The molecule has 2 heterocycles. The predicted octanol–water partition coefficient (Wildman–Crippen LogP) is 2.13. The fourth-order valence-electron chi connectivity index (χ4n) is 3.15. The first-order valence-corrected chi connectivity index (χ1v) is 9.60. The molecule has 1 amide bonds. The Morgan fingerprint density at radius 3 is 2.41 bits per heavy atom. The molecule has 0 spiro atoms. The highest BCUT2D eigenvalue weighted by Gasteiger charge is 2.25. The summed E-state index contributed by atoms with van der Waals surface area (Å²) >= 11 is 0. The average Bonchev–Trinajstić information content (AvgIpc) is 2.91. The Bertz CT molecular complexity index is 856. The molecule has 1 fully saturated rings. The van der Waals surface area contributed by atoms with Gasteiger partial charge in [0.05, 0.1) is 24.2 Å². The number of aromatic nitrogens is 2. The summed E-state index contributed by atoms with van der Waals surface area (Å²) < 4.78 is 8.34. The van der Waals surface area contributed by atoms with Crippen LogP contribution in [0.1, 0.15) is 27.7 Å². The van der Waals surface area contributed by atoms with Gasteiger partial charge in [-0.2, -0.15) is 0 Å². The lowest BCUT2D eigenvalue weighted by Gasteiger charge is -2.27. The summed E-state index contributed by atoms with van der Waals surface area (Å²) in [6.45, 7) is 12.7. The van der Waals surface area contributed by atoms with Crippen LogP contribution in [-0.2, 0) is 11.3 Å². The number of amides is 1. The lowest BCUT2D eigenvalue weighted by molar-refractivity contribution is 0.0364. The molecule has 1 N–H and O–H groups in total. The number of ether oxygens (including phenoxy) is 1. The van der Waals surface area contributed by atoms with Crippen LogP contribution in [0.5, 0.6) is 0 Å². The van der Waals surface area contributed by atoms with Gasteiger partial charge in [0, 0.05) is 32.2 Å². The topological polar surface area (TPSA) is 68.5 Å². The van der Waals surface area contributed by atoms with E-state index in [1.54, 1.807) is 4.57 Å². The maximum absolute atomic E-state index is 13.1. The van der Waals surface area contributed by atoms with Crippen LogP contribution in [0.2, 0.25) is 0 Å². The van der Waals surface area contributed by atoms with Crippen molar-refractivity contribution in [3.8, 4) is 0 Å². The highest BCUT2D eigenvalue weighted by atomic mass is 16.5. The predicted molar refractivity (Wildman–Crippen MR) is 106 cm³/mol. The van der Waals surface area contributed by atoms with Gasteiger partial charge < -0.3 is 10.1 Å². The van der Waals surface area contributed by atoms with E-state index in [-0.39, 0.29) is 23.2 Å². The molecule has 3 rings (SSSR count). The number of rotatable bonds is 4. The largest absolute Gasteiger partial charge is 0.379 e. The number of nitrogens with one attached hydrogen (secondary N) is 1. The van der Waals surface area contributed by atoms with Crippen molar-refractivity contribution in [2.75, 3.05) is 32.8 Å². The summed E-state index contributed by atoms with van der Waals surface area (Å²) in [5.41, 5.74) is 1.05. The first kappa shape index (κ1) is 19.6. The molecular formula is C20H30N4O3. The Labute approximate surface area is 159 Å². The van der Waals surface area contributed by atoms with Crippen molar-refractivity contribution in [2.45, 2.75) is 40.3 Å². The molecule has 0 radical (unpaired) electrons. The molecule has 1 atom stereocenters. The second-order valence-electron chi connectivity index (χ2n) is 8.25. The van der Waals surface area contributed by atoms with Crippen molar-refractivity contribution in [3.63, 3.8) is 0 Å². The summed E-state index contributed by atoms with van der Waals surface area (Å²) in [4.78, 5) is 28.2. The summed E-state index contributed by atoms with van der Waals surface area (Å²) in [6, 6.07) is 7.03. The molecule has 1 aromatic carbocycles. The number of carbonyl (C=O) groups excluding carboxylic acids is 1. The maximum atomic E-state index is 13.1. The zero-order valence-electron chi connectivity index (χ0n) is 16.7. The van der Waals surface area contributed by atoms with Crippen molar-refractivity contribution in [2.24, 2.45) is 5.41 Å². The standard InChI is InChI=1S/C20H30N4O3/c1-15(20(2,3)4)21-18(25)24-17-8-6-5-7-16(17)23(19(24)26)10-9-22-11-13-27-14-12-22/h5-8,15H,9-14H2,1-4H3,(H,21,25)/t15-/m1/s1. The molecule has 1 aliphatic heterocycles. The van der Waals surface area contributed by atoms with Gasteiger partial charge in [-0.3, -0.25) is 9.47 Å². The van der Waals surface area contributed by atoms with E-state index in [1.165, 1.54) is 4.57 Å². The van der Waals surface area contributed by atoms with E-state index >= 15 is 0 Å². The van der Waals surface area contributed by atoms with Gasteiger partial charge in [-0.15, -0.1) is 0 Å². The highest BCUT2D eigenvalue weighted by Crippen LogP contribution is 2.19. The van der Waals surface area contributed by atoms with Gasteiger partial charge >= 0.3 is 11.7 Å². The number of hydrogen-bond acceptors (Lipinski definition) is 4. The Kier molecular flexibility index (Phi) is 5.72. The number of imidazole rings is 1. The fourth-order valence-corrected chi connectivity index (χ4v) is 3.15. The Morgan fingerprint density at radius 1 is 1.15 bits per heavy atom. The summed E-state index contributed by atoms with van der Waals surface area (Å²) in [5, 5.41) is 2.97. The van der Waals surface area contributed by atoms with Gasteiger partial charge in [0.25, 0.3) is 0 Å². The Morgan fingerprint density at radius 2 is 1.78 bits per heavy atom. The van der Waals surface area contributed by atoms with Crippen molar-refractivity contribution in [1.29, 1.82) is 0 Å². The monoisotopic (exact) mass is 374 g/mol. The van der Waals surface area contributed by atoms with Crippen LogP contribution in [0.25, 0.3) is 11.0 Å². The molecule has 27 heavy (non-hydrogen) atoms. The molecule has 1 aliphatic rings. The van der Waals surface area contributed by atoms with Crippen molar-refractivity contribution in [3.05, 3.63) is 34.7 Å². The number of hydrogen-bond donors (Lipinski definition) is 1. The molecule has 0 aliphatic carbocycles. The van der Waals surface area contributed by atoms with Crippen molar-refractivity contribution >= 4 is 17.1 Å². The van der Waals surface area contributed by atoms with E-state index in [2.05, 4.69) is 31.0 Å². The SMILES string of the molecule is C[C@@H](NC(=O)n1c(=O)n(CCN2CCOCC2)c2ccccc21)C(C)(C)C. The molecule has 7 heteroatoms. The Hall–Kier alpha value is -2.12. The van der Waals surface area contributed by atoms with E-state index in [0.29, 0.717) is 12.1 Å². The van der Waals surface area contributed by atoms with Gasteiger partial charge in [0.1, 0.15) is 0 Å². The van der Waals surface area contributed by atoms with Gasteiger partial charge in [0.2, 0.25) is 0 Å². The molecule has 2 aromatic rings. The summed E-state index contributed by atoms with van der Waals surface area (Å²) in [7, 11) is 0. The fraction of sp³-hybridized carbons (Fsp3) is 0.600. The van der Waals surface area contributed by atoms with Crippen LogP contribution in [0.4, 0.5) is 4.79 Å². The highest BCUT2D eigenvalue weighted by molar-refractivity contribution is 5.89. The molecule has 7 nitrogen and oxygen atoms in total. The first-order valence-electron chi connectivity index (χ1n) is 9.60. The van der Waals surface area contributed by atoms with Crippen molar-refractivity contribution in [1.82, 2.24) is 19.4 Å². The van der Waals surface area contributed by atoms with Crippen LogP contribution in [0.3, 0.4) is 0 Å². The normalized spacial score (nSPS) is 17.2. The van der Waals surface area contributed by atoms with Crippen LogP contribution in [0.15, 0.2) is 29.1 Å². The smallest absolute Gasteiger partial charge is 0.337 e. The number of fused-ring (bicyclic) bond motifs is 1. The number of benzene rings is 1. The zero-order valence-corrected chi connectivity index (χ0v) is 16.7. The minimum Gasteiger partial charge on any atom is -0.379 e.